The van der Waals surface area contributed by atoms with Crippen molar-refractivity contribution in [3.63, 3.8) is 0 Å². The summed E-state index contributed by atoms with van der Waals surface area (Å²) < 4.78 is 10.8. The van der Waals surface area contributed by atoms with Gasteiger partial charge in [-0.05, 0) is 35.9 Å². The van der Waals surface area contributed by atoms with Gasteiger partial charge in [0.05, 0.1) is 23.8 Å². The number of aryl methyl sites for hydroxylation is 1. The number of rotatable bonds is 6. The number of aromatic nitrogens is 2. The number of hydrogen-bond acceptors (Lipinski definition) is 8. The second kappa shape index (κ2) is 9.06. The minimum absolute atomic E-state index is 0.119. The van der Waals surface area contributed by atoms with Crippen molar-refractivity contribution in [3.8, 4) is 11.7 Å². The van der Waals surface area contributed by atoms with Crippen molar-refractivity contribution < 1.29 is 28.6 Å². The van der Waals surface area contributed by atoms with Crippen LogP contribution in [-0.4, -0.2) is 35.0 Å². The van der Waals surface area contributed by atoms with Crippen molar-refractivity contribution in [2.75, 3.05) is 17.8 Å². The van der Waals surface area contributed by atoms with E-state index in [1.807, 2.05) is 18.2 Å². The van der Waals surface area contributed by atoms with E-state index in [9.17, 15) is 14.7 Å². The van der Waals surface area contributed by atoms with Crippen LogP contribution in [0.5, 0.6) is 11.7 Å². The van der Waals surface area contributed by atoms with Gasteiger partial charge in [-0.2, -0.15) is 0 Å². The lowest BCUT2D eigenvalue weighted by molar-refractivity contribution is -0.741. The molecule has 3 aromatic rings. The molecule has 32 heavy (non-hydrogen) atoms. The maximum atomic E-state index is 13.2. The molecular formula is C22H18N4O5S. The Balaban J connectivity index is 1.64. The minimum Gasteiger partial charge on any atom is -0.539 e. The Bertz CT molecular complexity index is 1220. The molecule has 0 radical (unpaired) electrons. The standard InChI is InChI=1S/C22H18N4O5S/c1-25-19(21(29)31-24-25)18(27)13-32-22-23-17(12-14-7-6-10-16(11-14)30-2)20(28)26(22)15-8-4-3-5-9-15/h3-12H,13H2,1-2H3/b17-12+. The number of ether oxygens (including phenoxy) is 1. The van der Waals surface area contributed by atoms with E-state index in [2.05, 4.69) is 14.8 Å². The van der Waals surface area contributed by atoms with Gasteiger partial charge in [0.25, 0.3) is 11.6 Å². The van der Waals surface area contributed by atoms with Crippen molar-refractivity contribution in [1.29, 1.82) is 0 Å². The first kappa shape index (κ1) is 21.3. The van der Waals surface area contributed by atoms with Gasteiger partial charge in [0.2, 0.25) is 5.78 Å². The Morgan fingerprint density at radius 1 is 1.25 bits per heavy atom. The summed E-state index contributed by atoms with van der Waals surface area (Å²) in [6, 6.07) is 16.3. The number of nitrogens with zero attached hydrogens (tertiary/aromatic N) is 4. The first-order valence-corrected chi connectivity index (χ1v) is 10.5. The number of hydrogen-bond donors (Lipinski definition) is 0. The van der Waals surface area contributed by atoms with Crippen LogP contribution in [0.15, 0.2) is 69.8 Å². The van der Waals surface area contributed by atoms with Gasteiger partial charge in [-0.25, -0.2) is 4.99 Å². The van der Waals surface area contributed by atoms with Gasteiger partial charge in [0.15, 0.2) is 18.2 Å². The first-order valence-electron chi connectivity index (χ1n) is 9.51. The Morgan fingerprint density at radius 3 is 2.72 bits per heavy atom. The highest BCUT2D eigenvalue weighted by Gasteiger charge is 2.33. The van der Waals surface area contributed by atoms with Crippen molar-refractivity contribution in [2.24, 2.45) is 12.0 Å². The summed E-state index contributed by atoms with van der Waals surface area (Å²) in [6.07, 6.45) is 1.66. The molecule has 0 N–H and O–H groups in total. The SMILES string of the molecule is COc1cccc(/C=C2/N=C(SCC(=O)c3c([O-])on[n+]3C)N(c3ccccc3)C2=O)c1. The number of thioether (sulfide) groups is 1. The van der Waals surface area contributed by atoms with Crippen LogP contribution in [0.25, 0.3) is 6.08 Å². The molecule has 0 saturated heterocycles. The molecule has 0 unspecified atom stereocenters. The summed E-state index contributed by atoms with van der Waals surface area (Å²) in [5, 5.41) is 15.5. The van der Waals surface area contributed by atoms with Crippen molar-refractivity contribution in [3.05, 3.63) is 71.6 Å². The fourth-order valence-corrected chi connectivity index (χ4v) is 3.97. The molecule has 9 nitrogen and oxygen atoms in total. The zero-order valence-electron chi connectivity index (χ0n) is 17.2. The molecule has 1 aromatic heterocycles. The van der Waals surface area contributed by atoms with Crippen molar-refractivity contribution in [2.45, 2.75) is 0 Å². The quantitative estimate of drug-likeness (QED) is 0.320. The van der Waals surface area contributed by atoms with Crippen LogP contribution < -0.4 is 19.4 Å². The van der Waals surface area contributed by atoms with Crippen LogP contribution >= 0.6 is 11.8 Å². The summed E-state index contributed by atoms with van der Waals surface area (Å²) in [4.78, 5) is 31.7. The number of benzene rings is 2. The molecule has 1 aliphatic rings. The topological polar surface area (TPSA) is 112 Å². The average Bonchev–Trinajstić information content (AvgIpc) is 3.30. The molecule has 0 saturated carbocycles. The van der Waals surface area contributed by atoms with Crippen LogP contribution in [0, 0.1) is 0 Å². The largest absolute Gasteiger partial charge is 0.539 e. The number of amides is 1. The smallest absolute Gasteiger partial charge is 0.300 e. The van der Waals surface area contributed by atoms with Crippen LogP contribution in [0.2, 0.25) is 0 Å². The average molecular weight is 450 g/mol. The predicted octanol–water partition coefficient (Wildman–Crippen LogP) is 1.94. The van der Waals surface area contributed by atoms with Gasteiger partial charge < -0.3 is 14.4 Å². The molecule has 1 aliphatic heterocycles. The molecule has 4 rings (SSSR count). The van der Waals surface area contributed by atoms with Crippen molar-refractivity contribution in [1.82, 2.24) is 5.27 Å². The summed E-state index contributed by atoms with van der Waals surface area (Å²) in [5.74, 6) is -1.07. The molecule has 10 heteroatoms. The highest BCUT2D eigenvalue weighted by atomic mass is 32.2. The molecule has 0 spiro atoms. The molecule has 0 aliphatic carbocycles. The van der Waals surface area contributed by atoms with Crippen LogP contribution in [0.4, 0.5) is 5.69 Å². The second-order valence-electron chi connectivity index (χ2n) is 6.72. The van der Waals surface area contributed by atoms with Crippen LogP contribution in [0.3, 0.4) is 0 Å². The molecule has 0 fully saturated rings. The third kappa shape index (κ3) is 4.26. The van der Waals surface area contributed by atoms with Gasteiger partial charge in [-0.15, -0.1) is 0 Å². The third-order valence-corrected chi connectivity index (χ3v) is 5.54. The van der Waals surface area contributed by atoms with E-state index in [0.29, 0.717) is 16.6 Å². The van der Waals surface area contributed by atoms with E-state index in [-0.39, 0.29) is 23.1 Å². The molecule has 0 bridgehead atoms. The minimum atomic E-state index is -0.805. The predicted molar refractivity (Wildman–Crippen MR) is 116 cm³/mol. The number of methoxy groups -OCH3 is 1. The molecule has 1 amide bonds. The van der Waals surface area contributed by atoms with E-state index >= 15 is 0 Å². The molecule has 2 heterocycles. The number of para-hydroxylation sites is 1. The zero-order valence-corrected chi connectivity index (χ0v) is 18.0. The fourth-order valence-electron chi connectivity index (χ4n) is 3.09. The second-order valence-corrected chi connectivity index (χ2v) is 7.66. The van der Waals surface area contributed by atoms with Crippen LogP contribution in [-0.2, 0) is 11.8 Å². The maximum Gasteiger partial charge on any atom is 0.300 e. The zero-order chi connectivity index (χ0) is 22.7. The highest BCUT2D eigenvalue weighted by molar-refractivity contribution is 8.14. The van der Waals surface area contributed by atoms with Gasteiger partial charge >= 0.3 is 0 Å². The monoisotopic (exact) mass is 450 g/mol. The number of amidine groups is 1. The van der Waals surface area contributed by atoms with Gasteiger partial charge in [0.1, 0.15) is 11.4 Å². The normalized spacial score (nSPS) is 14.7. The number of carbonyl (C=O) groups is 2. The molecule has 0 atom stereocenters. The molecule has 2 aromatic carbocycles. The van der Waals surface area contributed by atoms with Gasteiger partial charge in [-0.3, -0.25) is 14.5 Å². The number of aliphatic imine (C=N–C) groups is 1. The summed E-state index contributed by atoms with van der Waals surface area (Å²) in [5.41, 5.74) is 1.42. The van der Waals surface area contributed by atoms with E-state index in [1.54, 1.807) is 49.6 Å². The fraction of sp³-hybridized carbons (Fsp3) is 0.136. The lowest BCUT2D eigenvalue weighted by Crippen LogP contribution is -2.38. The van der Waals surface area contributed by atoms with E-state index in [4.69, 9.17) is 4.74 Å². The van der Waals surface area contributed by atoms with E-state index < -0.39 is 11.7 Å². The lowest BCUT2D eigenvalue weighted by atomic mass is 10.2. The lowest BCUT2D eigenvalue weighted by Gasteiger charge is -2.17. The van der Waals surface area contributed by atoms with Crippen molar-refractivity contribution >= 4 is 40.4 Å². The Labute approximate surface area is 187 Å². The molecule has 162 valence electrons. The number of Topliss-reactive ketones (excluding diaryl/α,β-unsaturated/α-hetero) is 1. The highest BCUT2D eigenvalue weighted by Crippen LogP contribution is 2.30. The van der Waals surface area contributed by atoms with Crippen LogP contribution in [0.1, 0.15) is 16.1 Å². The third-order valence-electron chi connectivity index (χ3n) is 4.60. The Kier molecular flexibility index (Phi) is 6.04. The van der Waals surface area contributed by atoms with E-state index in [0.717, 1.165) is 22.0 Å². The number of ketones is 1. The Morgan fingerprint density at radius 2 is 2.03 bits per heavy atom. The maximum absolute atomic E-state index is 13.2. The summed E-state index contributed by atoms with van der Waals surface area (Å²) in [6.45, 7) is 0. The summed E-state index contributed by atoms with van der Waals surface area (Å²) in [7, 11) is 3.02. The Hall–Kier alpha value is -3.92. The number of carbonyl (C=O) groups excluding carboxylic acids is 2. The summed E-state index contributed by atoms with van der Waals surface area (Å²) >= 11 is 1.05. The van der Waals surface area contributed by atoms with E-state index in [1.165, 1.54) is 11.9 Å². The first-order chi connectivity index (χ1) is 15.5. The van der Waals surface area contributed by atoms with Gasteiger partial charge in [-0.1, -0.05) is 46.8 Å². The number of anilines is 1. The van der Waals surface area contributed by atoms with Gasteiger partial charge in [0, 0.05) is 0 Å². The molecular weight excluding hydrogens is 432 g/mol.